The molecule has 120 valence electrons. The first kappa shape index (κ1) is 16.4. The fourth-order valence-electron chi connectivity index (χ4n) is 2.29. The van der Waals surface area contributed by atoms with E-state index in [1.807, 2.05) is 20.2 Å². The lowest BCUT2D eigenvalue weighted by Crippen LogP contribution is -2.23. The molecule has 0 aliphatic heterocycles. The van der Waals surface area contributed by atoms with Crippen molar-refractivity contribution < 1.29 is 17.9 Å². The second-order valence-electron chi connectivity index (χ2n) is 5.12. The molecule has 1 N–H and O–H groups in total. The second-order valence-corrected chi connectivity index (χ2v) is 5.12. The quantitative estimate of drug-likeness (QED) is 0.886. The Labute approximate surface area is 126 Å². The van der Waals surface area contributed by atoms with Crippen LogP contribution in [0.5, 0.6) is 5.75 Å². The van der Waals surface area contributed by atoms with Crippen molar-refractivity contribution in [3.63, 3.8) is 0 Å². The van der Waals surface area contributed by atoms with E-state index in [1.54, 1.807) is 17.8 Å². The third-order valence-electron chi connectivity index (χ3n) is 3.38. The summed E-state index contributed by atoms with van der Waals surface area (Å²) in [6, 6.07) is 3.29. The number of hydrogen-bond donors (Lipinski definition) is 1. The average Bonchev–Trinajstić information content (AvgIpc) is 2.84. The smallest absolute Gasteiger partial charge is 0.387 e. The highest BCUT2D eigenvalue weighted by Crippen LogP contribution is 2.29. The summed E-state index contributed by atoms with van der Waals surface area (Å²) in [6.07, 6.45) is 3.59. The van der Waals surface area contributed by atoms with E-state index in [9.17, 15) is 13.2 Å². The van der Waals surface area contributed by atoms with Crippen molar-refractivity contribution in [2.24, 2.45) is 7.05 Å². The predicted molar refractivity (Wildman–Crippen MR) is 76.2 cm³/mol. The molecular weight excluding hydrogens is 295 g/mol. The molecule has 0 bridgehead atoms. The maximum absolute atomic E-state index is 13.2. The first-order chi connectivity index (χ1) is 10.4. The number of halogens is 3. The van der Waals surface area contributed by atoms with Crippen LogP contribution in [0.3, 0.4) is 0 Å². The van der Waals surface area contributed by atoms with E-state index in [0.717, 1.165) is 11.6 Å². The van der Waals surface area contributed by atoms with Crippen LogP contribution in [0.1, 0.15) is 37.1 Å². The lowest BCUT2D eigenvalue weighted by Gasteiger charge is -2.21. The van der Waals surface area contributed by atoms with Gasteiger partial charge in [-0.15, -0.1) is 0 Å². The molecule has 0 radical (unpaired) electrons. The van der Waals surface area contributed by atoms with Crippen LogP contribution in [0.25, 0.3) is 0 Å². The third kappa shape index (κ3) is 4.00. The fraction of sp³-hybridized carbons (Fsp3) is 0.400. The van der Waals surface area contributed by atoms with E-state index in [2.05, 4.69) is 15.2 Å². The largest absolute Gasteiger partial charge is 0.434 e. The van der Waals surface area contributed by atoms with Gasteiger partial charge in [0.25, 0.3) is 0 Å². The summed E-state index contributed by atoms with van der Waals surface area (Å²) in [5.74, 6) is -0.778. The molecule has 0 aliphatic rings. The monoisotopic (exact) mass is 313 g/mol. The van der Waals surface area contributed by atoms with Crippen molar-refractivity contribution >= 4 is 0 Å². The van der Waals surface area contributed by atoms with Gasteiger partial charge in [-0.3, -0.25) is 4.68 Å². The SMILES string of the molecule is C[C@H](N[C@@H](C)c1ccc(F)cc1OC(F)F)c1cnn(C)c1. The minimum atomic E-state index is -3.00. The Morgan fingerprint density at radius 3 is 2.55 bits per heavy atom. The number of nitrogens with one attached hydrogen (secondary N) is 1. The summed E-state index contributed by atoms with van der Waals surface area (Å²) in [5, 5.41) is 7.35. The van der Waals surface area contributed by atoms with Gasteiger partial charge in [0.2, 0.25) is 0 Å². The van der Waals surface area contributed by atoms with Crippen molar-refractivity contribution in [1.29, 1.82) is 0 Å². The lowest BCUT2D eigenvalue weighted by atomic mass is 10.0. The first-order valence-corrected chi connectivity index (χ1v) is 6.85. The molecule has 0 saturated carbocycles. The minimum absolute atomic E-state index is 0.0480. The number of alkyl halides is 2. The Morgan fingerprint density at radius 2 is 1.95 bits per heavy atom. The van der Waals surface area contributed by atoms with Crippen LogP contribution in [0.4, 0.5) is 13.2 Å². The molecule has 0 amide bonds. The Hall–Kier alpha value is -2.02. The van der Waals surface area contributed by atoms with Gasteiger partial charge in [0, 0.05) is 42.5 Å². The Balaban J connectivity index is 2.16. The van der Waals surface area contributed by atoms with E-state index in [4.69, 9.17) is 0 Å². The Kier molecular flexibility index (Phi) is 5.07. The molecule has 0 saturated heterocycles. The summed E-state index contributed by atoms with van der Waals surface area (Å²) in [5.41, 5.74) is 1.44. The van der Waals surface area contributed by atoms with Gasteiger partial charge >= 0.3 is 6.61 Å². The molecule has 7 heteroatoms. The van der Waals surface area contributed by atoms with Crippen molar-refractivity contribution in [1.82, 2.24) is 15.1 Å². The molecule has 0 spiro atoms. The lowest BCUT2D eigenvalue weighted by molar-refractivity contribution is -0.0508. The molecule has 1 aromatic carbocycles. The number of hydrogen-bond acceptors (Lipinski definition) is 3. The number of ether oxygens (including phenoxy) is 1. The average molecular weight is 313 g/mol. The predicted octanol–water partition coefficient (Wildman–Crippen LogP) is 3.57. The minimum Gasteiger partial charge on any atom is -0.434 e. The highest BCUT2D eigenvalue weighted by Gasteiger charge is 2.18. The summed E-state index contributed by atoms with van der Waals surface area (Å²) in [4.78, 5) is 0. The van der Waals surface area contributed by atoms with Crippen LogP contribution in [0, 0.1) is 5.82 Å². The summed E-state index contributed by atoms with van der Waals surface area (Å²) in [6.45, 7) is 0.742. The molecule has 22 heavy (non-hydrogen) atoms. The number of nitrogens with zero attached hydrogens (tertiary/aromatic N) is 2. The molecule has 1 heterocycles. The number of aryl methyl sites for hydroxylation is 1. The third-order valence-corrected chi connectivity index (χ3v) is 3.38. The van der Waals surface area contributed by atoms with Gasteiger partial charge in [0.05, 0.1) is 6.20 Å². The van der Waals surface area contributed by atoms with Crippen LogP contribution in [-0.4, -0.2) is 16.4 Å². The maximum atomic E-state index is 13.2. The van der Waals surface area contributed by atoms with Crippen molar-refractivity contribution in [3.05, 3.63) is 47.5 Å². The Morgan fingerprint density at radius 1 is 1.23 bits per heavy atom. The summed E-state index contributed by atoms with van der Waals surface area (Å²) in [7, 11) is 1.81. The van der Waals surface area contributed by atoms with Gasteiger partial charge in [-0.25, -0.2) is 4.39 Å². The maximum Gasteiger partial charge on any atom is 0.387 e. The molecule has 1 aromatic heterocycles. The standard InChI is InChI=1S/C15H18F3N3O/c1-9(11-7-19-21(3)8-11)20-10(2)13-5-4-12(16)6-14(13)22-15(17)18/h4-10,15,20H,1-3H3/t9-,10-/m0/s1. The van der Waals surface area contributed by atoms with Crippen LogP contribution in [-0.2, 0) is 7.05 Å². The van der Waals surface area contributed by atoms with Crippen LogP contribution >= 0.6 is 0 Å². The van der Waals surface area contributed by atoms with Crippen LogP contribution in [0.2, 0.25) is 0 Å². The molecule has 0 unspecified atom stereocenters. The van der Waals surface area contributed by atoms with E-state index in [0.29, 0.717) is 5.56 Å². The molecule has 4 nitrogen and oxygen atoms in total. The van der Waals surface area contributed by atoms with Gasteiger partial charge in [-0.2, -0.15) is 13.9 Å². The second kappa shape index (κ2) is 6.83. The summed E-state index contributed by atoms with van der Waals surface area (Å²) < 4.78 is 44.2. The Bertz CT molecular complexity index is 630. The molecule has 2 rings (SSSR count). The van der Waals surface area contributed by atoms with E-state index in [-0.39, 0.29) is 17.8 Å². The van der Waals surface area contributed by atoms with E-state index >= 15 is 0 Å². The van der Waals surface area contributed by atoms with E-state index in [1.165, 1.54) is 12.1 Å². The number of benzene rings is 1. The topological polar surface area (TPSA) is 39.1 Å². The molecule has 2 aromatic rings. The van der Waals surface area contributed by atoms with Crippen LogP contribution < -0.4 is 10.1 Å². The highest BCUT2D eigenvalue weighted by atomic mass is 19.3. The number of aromatic nitrogens is 2. The molecular formula is C15H18F3N3O. The zero-order chi connectivity index (χ0) is 16.3. The number of rotatable bonds is 6. The molecule has 0 aliphatic carbocycles. The molecule has 2 atom stereocenters. The van der Waals surface area contributed by atoms with Crippen molar-refractivity contribution in [3.8, 4) is 5.75 Å². The zero-order valence-corrected chi connectivity index (χ0v) is 12.6. The highest BCUT2D eigenvalue weighted by molar-refractivity contribution is 5.36. The fourth-order valence-corrected chi connectivity index (χ4v) is 2.29. The normalized spacial score (nSPS) is 14.1. The summed E-state index contributed by atoms with van der Waals surface area (Å²) >= 11 is 0. The van der Waals surface area contributed by atoms with Crippen LogP contribution in [0.15, 0.2) is 30.6 Å². The van der Waals surface area contributed by atoms with Crippen molar-refractivity contribution in [2.45, 2.75) is 32.5 Å². The van der Waals surface area contributed by atoms with E-state index < -0.39 is 12.4 Å². The van der Waals surface area contributed by atoms with Gasteiger partial charge in [-0.1, -0.05) is 6.07 Å². The van der Waals surface area contributed by atoms with Crippen molar-refractivity contribution in [2.75, 3.05) is 0 Å². The van der Waals surface area contributed by atoms with Gasteiger partial charge in [0.1, 0.15) is 11.6 Å². The van der Waals surface area contributed by atoms with Gasteiger partial charge in [0.15, 0.2) is 0 Å². The van der Waals surface area contributed by atoms with Gasteiger partial charge in [-0.05, 0) is 19.9 Å². The first-order valence-electron chi connectivity index (χ1n) is 6.85. The zero-order valence-electron chi connectivity index (χ0n) is 12.6. The van der Waals surface area contributed by atoms with Gasteiger partial charge < -0.3 is 10.1 Å². The molecule has 0 fully saturated rings.